The number of aliphatic hydroxyl groups excluding tert-OH is 4. The van der Waals surface area contributed by atoms with Crippen molar-refractivity contribution in [3.8, 4) is 0 Å². The van der Waals surface area contributed by atoms with Crippen LogP contribution in [0.25, 0.3) is 0 Å². The SMILES string of the molecule is CC(O)C(O)C(Cl)(Br)C(O)CO. The van der Waals surface area contributed by atoms with Crippen LogP contribution in [0.5, 0.6) is 0 Å². The highest BCUT2D eigenvalue weighted by Crippen LogP contribution is 2.33. The molecule has 0 aromatic carbocycles. The number of aliphatic hydroxyl groups is 4. The molecule has 0 bridgehead atoms. The van der Waals surface area contributed by atoms with Gasteiger partial charge in [-0.3, -0.25) is 0 Å². The molecule has 0 aliphatic carbocycles. The summed E-state index contributed by atoms with van der Waals surface area (Å²) in [4.78, 5) is 0. The fourth-order valence-electron chi connectivity index (χ4n) is 0.640. The predicted molar refractivity (Wildman–Crippen MR) is 48.3 cm³/mol. The van der Waals surface area contributed by atoms with Gasteiger partial charge in [0.25, 0.3) is 0 Å². The minimum atomic E-state index is -1.62. The normalized spacial score (nSPS) is 24.2. The number of hydrogen-bond donors (Lipinski definition) is 4. The van der Waals surface area contributed by atoms with E-state index in [0.29, 0.717) is 0 Å². The van der Waals surface area contributed by atoms with Gasteiger partial charge < -0.3 is 20.4 Å². The minimum absolute atomic E-state index is 0.599. The highest BCUT2D eigenvalue weighted by atomic mass is 79.9. The summed E-state index contributed by atoms with van der Waals surface area (Å²) < 4.78 is -1.62. The van der Waals surface area contributed by atoms with Crippen LogP contribution in [-0.4, -0.2) is 49.1 Å². The third-order valence-corrected chi connectivity index (χ3v) is 2.94. The van der Waals surface area contributed by atoms with Crippen LogP contribution in [0.15, 0.2) is 0 Å². The van der Waals surface area contributed by atoms with E-state index in [9.17, 15) is 5.11 Å². The van der Waals surface area contributed by atoms with Crippen molar-refractivity contribution in [2.75, 3.05) is 6.61 Å². The van der Waals surface area contributed by atoms with E-state index in [1.165, 1.54) is 6.92 Å². The van der Waals surface area contributed by atoms with Crippen LogP contribution in [0.1, 0.15) is 6.92 Å². The Morgan fingerprint density at radius 3 is 2.08 bits per heavy atom. The molecular weight excluding hydrogens is 251 g/mol. The molecule has 0 spiro atoms. The summed E-state index contributed by atoms with van der Waals surface area (Å²) in [7, 11) is 0. The summed E-state index contributed by atoms with van der Waals surface area (Å²) in [5.74, 6) is 0. The summed E-state index contributed by atoms with van der Waals surface area (Å²) in [6.45, 7) is 0.728. The Balaban J connectivity index is 4.37. The average Bonchev–Trinajstić information content (AvgIpc) is 2.01. The molecule has 0 aromatic heterocycles. The predicted octanol–water partition coefficient (Wildman–Crippen LogP) is -0.589. The second-order valence-electron chi connectivity index (χ2n) is 2.56. The van der Waals surface area contributed by atoms with E-state index in [4.69, 9.17) is 26.9 Å². The van der Waals surface area contributed by atoms with Gasteiger partial charge in [-0.15, -0.1) is 11.6 Å². The van der Waals surface area contributed by atoms with Gasteiger partial charge in [-0.05, 0) is 6.92 Å². The molecule has 12 heavy (non-hydrogen) atoms. The Hall–Kier alpha value is 0.610. The van der Waals surface area contributed by atoms with Crippen LogP contribution in [0.4, 0.5) is 0 Å². The standard InChI is InChI=1S/C6H12BrClO4/c1-3(10)5(12)6(7,8)4(11)2-9/h3-5,9-12H,2H2,1H3. The van der Waals surface area contributed by atoms with Gasteiger partial charge in [0.1, 0.15) is 12.2 Å². The number of hydrogen-bond acceptors (Lipinski definition) is 4. The van der Waals surface area contributed by atoms with Crippen molar-refractivity contribution in [2.24, 2.45) is 0 Å². The Morgan fingerprint density at radius 2 is 1.83 bits per heavy atom. The van der Waals surface area contributed by atoms with E-state index < -0.39 is 28.7 Å². The molecule has 4 unspecified atom stereocenters. The van der Waals surface area contributed by atoms with Gasteiger partial charge in [0.15, 0.2) is 3.78 Å². The molecule has 0 amide bonds. The molecule has 0 rings (SSSR count). The summed E-state index contributed by atoms with van der Waals surface area (Å²) in [6.07, 6.45) is -3.80. The molecule has 4 atom stereocenters. The lowest BCUT2D eigenvalue weighted by Gasteiger charge is -2.31. The van der Waals surface area contributed by atoms with E-state index >= 15 is 0 Å². The zero-order valence-corrected chi connectivity index (χ0v) is 8.83. The first-order chi connectivity index (χ1) is 5.34. The molecule has 0 fully saturated rings. The van der Waals surface area contributed by atoms with Gasteiger partial charge in [0.2, 0.25) is 0 Å². The highest BCUT2D eigenvalue weighted by Gasteiger charge is 2.42. The Labute approximate surface area is 83.9 Å². The molecule has 0 aliphatic heterocycles. The van der Waals surface area contributed by atoms with E-state index in [0.717, 1.165) is 0 Å². The van der Waals surface area contributed by atoms with Crippen molar-refractivity contribution in [3.63, 3.8) is 0 Å². The minimum Gasteiger partial charge on any atom is -0.394 e. The van der Waals surface area contributed by atoms with Gasteiger partial charge in [-0.2, -0.15) is 0 Å². The summed E-state index contributed by atoms with van der Waals surface area (Å²) in [5, 5.41) is 35.8. The largest absolute Gasteiger partial charge is 0.394 e. The molecule has 0 saturated heterocycles. The molecule has 0 aromatic rings. The van der Waals surface area contributed by atoms with Crippen molar-refractivity contribution in [1.82, 2.24) is 0 Å². The van der Waals surface area contributed by atoms with Crippen LogP contribution in [0.2, 0.25) is 0 Å². The lowest BCUT2D eigenvalue weighted by molar-refractivity contribution is -0.0197. The third-order valence-electron chi connectivity index (χ3n) is 1.47. The van der Waals surface area contributed by atoms with E-state index in [1.807, 2.05) is 0 Å². The number of alkyl halides is 2. The van der Waals surface area contributed by atoms with Crippen LogP contribution in [0.3, 0.4) is 0 Å². The molecule has 74 valence electrons. The summed E-state index contributed by atoms with van der Waals surface area (Å²) in [6, 6.07) is 0. The van der Waals surface area contributed by atoms with Crippen LogP contribution < -0.4 is 0 Å². The first-order valence-corrected chi connectivity index (χ1v) is 4.54. The van der Waals surface area contributed by atoms with Crippen molar-refractivity contribution in [1.29, 1.82) is 0 Å². The highest BCUT2D eigenvalue weighted by molar-refractivity contribution is 9.10. The zero-order chi connectivity index (χ0) is 9.94. The van der Waals surface area contributed by atoms with E-state index in [-0.39, 0.29) is 0 Å². The van der Waals surface area contributed by atoms with Crippen molar-refractivity contribution < 1.29 is 20.4 Å². The Kier molecular flexibility index (Phi) is 4.98. The molecule has 4 N–H and O–H groups in total. The van der Waals surface area contributed by atoms with Gasteiger partial charge >= 0.3 is 0 Å². The first kappa shape index (κ1) is 12.6. The van der Waals surface area contributed by atoms with Gasteiger partial charge in [0, 0.05) is 0 Å². The van der Waals surface area contributed by atoms with Crippen LogP contribution in [0, 0.1) is 0 Å². The van der Waals surface area contributed by atoms with Gasteiger partial charge in [-0.1, -0.05) is 15.9 Å². The number of halogens is 2. The molecule has 0 radical (unpaired) electrons. The maximum absolute atomic E-state index is 9.26. The maximum Gasteiger partial charge on any atom is 0.155 e. The fourth-order valence-corrected chi connectivity index (χ4v) is 1.42. The van der Waals surface area contributed by atoms with Crippen molar-refractivity contribution in [3.05, 3.63) is 0 Å². The smallest absolute Gasteiger partial charge is 0.155 e. The van der Waals surface area contributed by atoms with E-state index in [1.54, 1.807) is 0 Å². The van der Waals surface area contributed by atoms with Gasteiger partial charge in [-0.25, -0.2) is 0 Å². The van der Waals surface area contributed by atoms with Gasteiger partial charge in [0.05, 0.1) is 12.7 Å². The first-order valence-electron chi connectivity index (χ1n) is 3.37. The molecule has 4 nitrogen and oxygen atoms in total. The second-order valence-corrected chi connectivity index (χ2v) is 4.95. The van der Waals surface area contributed by atoms with Crippen LogP contribution in [-0.2, 0) is 0 Å². The molecular formula is C6H12BrClO4. The zero-order valence-electron chi connectivity index (χ0n) is 6.48. The fraction of sp³-hybridized carbons (Fsp3) is 1.00. The molecule has 6 heteroatoms. The summed E-state index contributed by atoms with van der Waals surface area (Å²) >= 11 is 8.45. The Bertz CT molecular complexity index is 142. The lowest BCUT2D eigenvalue weighted by Crippen LogP contribution is -2.48. The van der Waals surface area contributed by atoms with Crippen molar-refractivity contribution >= 4 is 27.5 Å². The number of rotatable bonds is 4. The summed E-state index contributed by atoms with van der Waals surface area (Å²) in [5.41, 5.74) is 0. The Morgan fingerprint density at radius 1 is 1.42 bits per heavy atom. The topological polar surface area (TPSA) is 80.9 Å². The molecule has 0 heterocycles. The molecule has 0 saturated carbocycles. The maximum atomic E-state index is 9.26. The van der Waals surface area contributed by atoms with E-state index in [2.05, 4.69) is 15.9 Å². The quantitative estimate of drug-likeness (QED) is 0.511. The van der Waals surface area contributed by atoms with Crippen molar-refractivity contribution in [2.45, 2.75) is 29.0 Å². The lowest BCUT2D eigenvalue weighted by atomic mass is 10.1. The third kappa shape index (κ3) is 2.83. The second kappa shape index (κ2) is 4.74. The monoisotopic (exact) mass is 262 g/mol. The molecule has 0 aliphatic rings. The average molecular weight is 264 g/mol. The van der Waals surface area contributed by atoms with Crippen LogP contribution >= 0.6 is 27.5 Å².